The molecule has 0 saturated carbocycles. The van der Waals surface area contributed by atoms with Gasteiger partial charge in [-0.3, -0.25) is 4.90 Å². The summed E-state index contributed by atoms with van der Waals surface area (Å²) >= 11 is 0. The molecule has 0 radical (unpaired) electrons. The zero-order chi connectivity index (χ0) is 14.4. The van der Waals surface area contributed by atoms with Crippen LogP contribution < -0.4 is 10.2 Å². The molecule has 1 aromatic heterocycles. The fourth-order valence-electron chi connectivity index (χ4n) is 2.21. The van der Waals surface area contributed by atoms with Crippen molar-refractivity contribution in [2.75, 3.05) is 50.7 Å². The molecule has 4 nitrogen and oxygen atoms in total. The number of aromatic nitrogens is 1. The van der Waals surface area contributed by atoms with Gasteiger partial charge in [0.05, 0.1) is 6.54 Å². The summed E-state index contributed by atoms with van der Waals surface area (Å²) in [5.74, 6) is 0.961. The number of halogens is 3. The molecular weight excluding hydrogens is 269 g/mol. The molecule has 0 atom stereocenters. The molecule has 7 heteroatoms. The van der Waals surface area contributed by atoms with E-state index in [1.165, 1.54) is 0 Å². The van der Waals surface area contributed by atoms with E-state index < -0.39 is 12.7 Å². The number of hydrogen-bond donors (Lipinski definition) is 1. The van der Waals surface area contributed by atoms with Gasteiger partial charge in [-0.2, -0.15) is 13.2 Å². The highest BCUT2D eigenvalue weighted by molar-refractivity contribution is 5.38. The van der Waals surface area contributed by atoms with Crippen LogP contribution >= 0.6 is 0 Å². The summed E-state index contributed by atoms with van der Waals surface area (Å²) in [6, 6.07) is 5.81. The molecule has 20 heavy (non-hydrogen) atoms. The molecule has 1 N–H and O–H groups in total. The second-order valence-corrected chi connectivity index (χ2v) is 4.81. The summed E-state index contributed by atoms with van der Waals surface area (Å²) in [7, 11) is 0. The van der Waals surface area contributed by atoms with Gasteiger partial charge in [-0.25, -0.2) is 4.98 Å². The van der Waals surface area contributed by atoms with Gasteiger partial charge in [0.1, 0.15) is 5.82 Å². The van der Waals surface area contributed by atoms with E-state index in [2.05, 4.69) is 20.1 Å². The fraction of sp³-hybridized carbons (Fsp3) is 0.615. The minimum Gasteiger partial charge on any atom is -0.354 e. The Kier molecular flexibility index (Phi) is 5.19. The third kappa shape index (κ3) is 4.97. The van der Waals surface area contributed by atoms with Crippen molar-refractivity contribution in [3.8, 4) is 0 Å². The van der Waals surface area contributed by atoms with Crippen LogP contribution in [0.3, 0.4) is 0 Å². The van der Waals surface area contributed by atoms with Gasteiger partial charge in [-0.1, -0.05) is 6.07 Å². The normalized spacial score (nSPS) is 17.4. The number of nitrogens with zero attached hydrogens (tertiary/aromatic N) is 3. The summed E-state index contributed by atoms with van der Waals surface area (Å²) in [6.07, 6.45) is -2.36. The van der Waals surface area contributed by atoms with Gasteiger partial charge in [0.2, 0.25) is 0 Å². The number of piperazine rings is 1. The van der Waals surface area contributed by atoms with E-state index in [0.717, 1.165) is 32.0 Å². The number of pyridine rings is 1. The summed E-state index contributed by atoms with van der Waals surface area (Å²) in [6.45, 7) is 3.51. The maximum atomic E-state index is 12.0. The largest absolute Gasteiger partial charge is 0.401 e. The smallest absolute Gasteiger partial charge is 0.354 e. The van der Waals surface area contributed by atoms with Crippen LogP contribution in [0.2, 0.25) is 0 Å². The first kappa shape index (κ1) is 15.1. The molecule has 0 bridgehead atoms. The van der Waals surface area contributed by atoms with Gasteiger partial charge in [0, 0.05) is 45.5 Å². The lowest BCUT2D eigenvalue weighted by atomic mass is 10.3. The predicted molar refractivity (Wildman–Crippen MR) is 71.8 cm³/mol. The molecule has 1 aliphatic rings. The van der Waals surface area contributed by atoms with E-state index in [1.807, 2.05) is 18.2 Å². The van der Waals surface area contributed by atoms with Gasteiger partial charge >= 0.3 is 6.18 Å². The molecule has 0 aliphatic carbocycles. The minimum absolute atomic E-state index is 0.364. The maximum absolute atomic E-state index is 12.0. The van der Waals surface area contributed by atoms with Crippen molar-refractivity contribution in [2.45, 2.75) is 6.18 Å². The van der Waals surface area contributed by atoms with E-state index in [9.17, 15) is 13.2 Å². The molecule has 0 amide bonds. The van der Waals surface area contributed by atoms with E-state index in [4.69, 9.17) is 0 Å². The Morgan fingerprint density at radius 2 is 1.90 bits per heavy atom. The van der Waals surface area contributed by atoms with Gasteiger partial charge < -0.3 is 10.2 Å². The monoisotopic (exact) mass is 288 g/mol. The Morgan fingerprint density at radius 1 is 1.15 bits per heavy atom. The molecule has 1 saturated heterocycles. The Hall–Kier alpha value is -1.34. The maximum Gasteiger partial charge on any atom is 0.401 e. The van der Waals surface area contributed by atoms with E-state index in [-0.39, 0.29) is 0 Å². The van der Waals surface area contributed by atoms with Crippen LogP contribution in [-0.2, 0) is 0 Å². The number of hydrogen-bond acceptors (Lipinski definition) is 4. The summed E-state index contributed by atoms with van der Waals surface area (Å²) < 4.78 is 35.9. The topological polar surface area (TPSA) is 31.4 Å². The lowest BCUT2D eigenvalue weighted by molar-refractivity contribution is -0.124. The summed E-state index contributed by atoms with van der Waals surface area (Å²) in [4.78, 5) is 8.66. The van der Waals surface area contributed by atoms with Crippen molar-refractivity contribution in [3.05, 3.63) is 24.4 Å². The van der Waals surface area contributed by atoms with Crippen molar-refractivity contribution in [3.63, 3.8) is 0 Å². The Balaban J connectivity index is 1.65. The Morgan fingerprint density at radius 3 is 2.50 bits per heavy atom. The molecule has 2 heterocycles. The highest BCUT2D eigenvalue weighted by Gasteiger charge is 2.26. The molecule has 0 unspecified atom stereocenters. The van der Waals surface area contributed by atoms with Gasteiger partial charge in [-0.05, 0) is 12.1 Å². The first-order valence-corrected chi connectivity index (χ1v) is 6.70. The lowest BCUT2D eigenvalue weighted by Gasteiger charge is -2.35. The quantitative estimate of drug-likeness (QED) is 0.829. The van der Waals surface area contributed by atoms with Crippen molar-refractivity contribution < 1.29 is 13.2 Å². The predicted octanol–water partition coefficient (Wildman–Crippen LogP) is 1.36. The van der Waals surface area contributed by atoms with Gasteiger partial charge in [0.25, 0.3) is 0 Å². The Bertz CT molecular complexity index is 388. The second kappa shape index (κ2) is 6.90. The van der Waals surface area contributed by atoms with Crippen LogP contribution in [0.25, 0.3) is 0 Å². The lowest BCUT2D eigenvalue weighted by Crippen LogP contribution is -2.48. The van der Waals surface area contributed by atoms with Crippen LogP contribution in [0.1, 0.15) is 0 Å². The number of nitrogens with one attached hydrogen (secondary N) is 1. The zero-order valence-corrected chi connectivity index (χ0v) is 11.2. The molecule has 1 aromatic rings. The average molecular weight is 288 g/mol. The molecule has 2 rings (SSSR count). The van der Waals surface area contributed by atoms with Gasteiger partial charge in [-0.15, -0.1) is 0 Å². The van der Waals surface area contributed by atoms with E-state index >= 15 is 0 Å². The SMILES string of the molecule is FC(F)(F)CNCCN1CCN(c2ccccn2)CC1. The van der Waals surface area contributed by atoms with Crippen LogP contribution in [0.15, 0.2) is 24.4 Å². The highest BCUT2D eigenvalue weighted by Crippen LogP contribution is 2.13. The number of anilines is 1. The average Bonchev–Trinajstić information content (AvgIpc) is 2.44. The van der Waals surface area contributed by atoms with Crippen LogP contribution in [0, 0.1) is 0 Å². The van der Waals surface area contributed by atoms with E-state index in [0.29, 0.717) is 13.1 Å². The number of alkyl halides is 3. The van der Waals surface area contributed by atoms with Crippen molar-refractivity contribution >= 4 is 5.82 Å². The molecule has 1 fully saturated rings. The Labute approximate surface area is 116 Å². The fourth-order valence-corrected chi connectivity index (χ4v) is 2.21. The molecule has 0 aromatic carbocycles. The van der Waals surface area contributed by atoms with Crippen molar-refractivity contribution in [1.82, 2.24) is 15.2 Å². The third-order valence-corrected chi connectivity index (χ3v) is 3.28. The van der Waals surface area contributed by atoms with Crippen LogP contribution in [0.4, 0.5) is 19.0 Å². The summed E-state index contributed by atoms with van der Waals surface area (Å²) in [5, 5.41) is 2.42. The van der Waals surface area contributed by atoms with E-state index in [1.54, 1.807) is 6.20 Å². The molecule has 112 valence electrons. The first-order valence-electron chi connectivity index (χ1n) is 6.70. The number of rotatable bonds is 5. The van der Waals surface area contributed by atoms with Gasteiger partial charge in [0.15, 0.2) is 0 Å². The molecule has 1 aliphatic heterocycles. The van der Waals surface area contributed by atoms with Crippen molar-refractivity contribution in [2.24, 2.45) is 0 Å². The van der Waals surface area contributed by atoms with Crippen LogP contribution in [0.5, 0.6) is 0 Å². The second-order valence-electron chi connectivity index (χ2n) is 4.81. The third-order valence-electron chi connectivity index (χ3n) is 3.28. The minimum atomic E-state index is -4.13. The molecule has 0 spiro atoms. The standard InChI is InChI=1S/C13H19F3N4/c14-13(15,16)11-17-5-6-19-7-9-20(10-8-19)12-3-1-2-4-18-12/h1-4,17H,5-11H2. The first-order chi connectivity index (χ1) is 9.54. The molecular formula is C13H19F3N4. The summed E-state index contributed by atoms with van der Waals surface area (Å²) in [5.41, 5.74) is 0. The zero-order valence-electron chi connectivity index (χ0n) is 11.2. The highest BCUT2D eigenvalue weighted by atomic mass is 19.4. The van der Waals surface area contributed by atoms with Crippen LogP contribution in [-0.4, -0.2) is 61.9 Å². The van der Waals surface area contributed by atoms with Crippen molar-refractivity contribution in [1.29, 1.82) is 0 Å².